The molecule has 4 nitrogen and oxygen atoms in total. The minimum atomic E-state index is 0.483. The molecule has 20 heavy (non-hydrogen) atoms. The number of hydrogen-bond acceptors (Lipinski definition) is 2. The molecule has 0 saturated carbocycles. The number of nitrogens with two attached hydrogens (primary N) is 1. The number of rotatable bonds is 8. The second-order valence-corrected chi connectivity index (χ2v) is 5.01. The second kappa shape index (κ2) is 9.23. The van der Waals surface area contributed by atoms with Gasteiger partial charge in [0.2, 0.25) is 0 Å². The summed E-state index contributed by atoms with van der Waals surface area (Å²) in [5.74, 6) is 1.93. The summed E-state index contributed by atoms with van der Waals surface area (Å²) in [5.41, 5.74) is 7.11. The highest BCUT2D eigenvalue weighted by molar-refractivity contribution is 5.77. The van der Waals surface area contributed by atoms with Crippen molar-refractivity contribution in [3.05, 3.63) is 29.8 Å². The molecule has 3 N–H and O–H groups in total. The van der Waals surface area contributed by atoms with Crippen molar-refractivity contribution in [2.45, 2.75) is 39.0 Å². The van der Waals surface area contributed by atoms with E-state index in [-0.39, 0.29) is 0 Å². The minimum absolute atomic E-state index is 0.483. The molecule has 0 amide bonds. The molecule has 1 rings (SSSR count). The molecule has 4 heteroatoms. The van der Waals surface area contributed by atoms with Crippen molar-refractivity contribution in [1.82, 2.24) is 5.32 Å². The Morgan fingerprint density at radius 2 is 2.05 bits per heavy atom. The fraction of sp³-hybridized carbons (Fsp3) is 0.562. The maximum atomic E-state index is 5.80. The minimum Gasteiger partial charge on any atom is -0.497 e. The van der Waals surface area contributed by atoms with E-state index >= 15 is 0 Å². The molecule has 1 atom stereocenters. The van der Waals surface area contributed by atoms with Crippen molar-refractivity contribution < 1.29 is 4.74 Å². The van der Waals surface area contributed by atoms with Gasteiger partial charge in [0.05, 0.1) is 7.11 Å². The highest BCUT2D eigenvalue weighted by Crippen LogP contribution is 2.21. The van der Waals surface area contributed by atoms with Crippen LogP contribution < -0.4 is 15.8 Å². The lowest BCUT2D eigenvalue weighted by Crippen LogP contribution is -2.33. The number of hydrogen-bond donors (Lipinski definition) is 2. The molecule has 1 aromatic rings. The van der Waals surface area contributed by atoms with Crippen LogP contribution in [-0.2, 0) is 0 Å². The molecule has 1 unspecified atom stereocenters. The molecule has 0 aromatic heterocycles. The van der Waals surface area contributed by atoms with E-state index in [2.05, 4.69) is 36.3 Å². The van der Waals surface area contributed by atoms with Gasteiger partial charge in [0, 0.05) is 13.1 Å². The van der Waals surface area contributed by atoms with Crippen LogP contribution in [0.25, 0.3) is 0 Å². The molecule has 0 aliphatic rings. The standard InChI is InChI=1S/C16H27N3O/c1-4-5-11-18-16(17)19-12-10-13(2)14-6-8-15(20-3)9-7-14/h6-9,13H,4-5,10-12H2,1-3H3,(H3,17,18,19). The number of nitrogens with one attached hydrogen (secondary N) is 1. The third kappa shape index (κ3) is 5.95. The van der Waals surface area contributed by atoms with Gasteiger partial charge in [-0.25, -0.2) is 0 Å². The quantitative estimate of drug-likeness (QED) is 0.436. The number of methoxy groups -OCH3 is 1. The van der Waals surface area contributed by atoms with E-state index in [4.69, 9.17) is 10.5 Å². The predicted octanol–water partition coefficient (Wildman–Crippen LogP) is 2.89. The molecule has 0 radical (unpaired) electrons. The largest absolute Gasteiger partial charge is 0.497 e. The summed E-state index contributed by atoms with van der Waals surface area (Å²) in [4.78, 5) is 4.27. The number of aliphatic imine (C=N–C) groups is 1. The first-order valence-corrected chi connectivity index (χ1v) is 7.35. The Bertz CT molecular complexity index is 401. The number of unbranched alkanes of at least 4 members (excludes halogenated alkanes) is 1. The maximum Gasteiger partial charge on any atom is 0.188 e. The van der Waals surface area contributed by atoms with E-state index < -0.39 is 0 Å². The molecule has 0 aliphatic carbocycles. The smallest absolute Gasteiger partial charge is 0.188 e. The van der Waals surface area contributed by atoms with Crippen LogP contribution in [0, 0.1) is 0 Å². The Morgan fingerprint density at radius 1 is 1.35 bits per heavy atom. The first-order chi connectivity index (χ1) is 9.67. The highest BCUT2D eigenvalue weighted by Gasteiger charge is 2.05. The summed E-state index contributed by atoms with van der Waals surface area (Å²) in [5, 5.41) is 3.17. The Hall–Kier alpha value is -1.71. The SMILES string of the molecule is CCCCN=C(N)NCCC(C)c1ccc(OC)cc1. The summed E-state index contributed by atoms with van der Waals surface area (Å²) in [6.07, 6.45) is 3.26. The lowest BCUT2D eigenvalue weighted by atomic mass is 9.98. The van der Waals surface area contributed by atoms with Gasteiger partial charge in [-0.05, 0) is 36.5 Å². The first kappa shape index (κ1) is 16.3. The van der Waals surface area contributed by atoms with E-state index in [0.29, 0.717) is 11.9 Å². The molecule has 0 heterocycles. The monoisotopic (exact) mass is 277 g/mol. The van der Waals surface area contributed by atoms with Crippen LogP contribution in [0.2, 0.25) is 0 Å². The van der Waals surface area contributed by atoms with E-state index in [0.717, 1.165) is 38.1 Å². The molecule has 112 valence electrons. The zero-order chi connectivity index (χ0) is 14.8. The predicted molar refractivity (Wildman–Crippen MR) is 85.4 cm³/mol. The van der Waals surface area contributed by atoms with Gasteiger partial charge in [-0.2, -0.15) is 0 Å². The van der Waals surface area contributed by atoms with Crippen LogP contribution in [0.15, 0.2) is 29.3 Å². The van der Waals surface area contributed by atoms with Gasteiger partial charge in [0.1, 0.15) is 5.75 Å². The number of guanidine groups is 1. The normalized spacial score (nSPS) is 13.1. The van der Waals surface area contributed by atoms with Crippen LogP contribution in [0.5, 0.6) is 5.75 Å². The summed E-state index contributed by atoms with van der Waals surface area (Å²) in [6, 6.07) is 8.23. The van der Waals surface area contributed by atoms with Crippen molar-refractivity contribution in [1.29, 1.82) is 0 Å². The van der Waals surface area contributed by atoms with Crippen LogP contribution in [0.4, 0.5) is 0 Å². The van der Waals surface area contributed by atoms with Gasteiger partial charge in [0.25, 0.3) is 0 Å². The molecular weight excluding hydrogens is 250 g/mol. The topological polar surface area (TPSA) is 59.6 Å². The average Bonchev–Trinajstić information content (AvgIpc) is 2.47. The van der Waals surface area contributed by atoms with Crippen LogP contribution in [-0.4, -0.2) is 26.2 Å². The lowest BCUT2D eigenvalue weighted by Gasteiger charge is -2.13. The number of benzene rings is 1. The second-order valence-electron chi connectivity index (χ2n) is 5.01. The Morgan fingerprint density at radius 3 is 2.65 bits per heavy atom. The van der Waals surface area contributed by atoms with Crippen LogP contribution in [0.1, 0.15) is 44.6 Å². The van der Waals surface area contributed by atoms with Gasteiger partial charge in [0.15, 0.2) is 5.96 Å². The zero-order valence-corrected chi connectivity index (χ0v) is 12.9. The van der Waals surface area contributed by atoms with Gasteiger partial charge in [-0.3, -0.25) is 4.99 Å². The third-order valence-corrected chi connectivity index (χ3v) is 3.36. The summed E-state index contributed by atoms with van der Waals surface area (Å²) >= 11 is 0. The maximum absolute atomic E-state index is 5.80. The Kier molecular flexibility index (Phi) is 7.55. The highest BCUT2D eigenvalue weighted by atomic mass is 16.5. The van der Waals surface area contributed by atoms with E-state index in [9.17, 15) is 0 Å². The van der Waals surface area contributed by atoms with Gasteiger partial charge in [-0.1, -0.05) is 32.4 Å². The van der Waals surface area contributed by atoms with E-state index in [1.54, 1.807) is 7.11 Å². The molecule has 0 bridgehead atoms. The average molecular weight is 277 g/mol. The summed E-state index contributed by atoms with van der Waals surface area (Å²) in [7, 11) is 1.68. The third-order valence-electron chi connectivity index (χ3n) is 3.36. The number of ether oxygens (including phenoxy) is 1. The van der Waals surface area contributed by atoms with Gasteiger partial charge < -0.3 is 15.8 Å². The van der Waals surface area contributed by atoms with Crippen LogP contribution in [0.3, 0.4) is 0 Å². The fourth-order valence-corrected chi connectivity index (χ4v) is 1.93. The van der Waals surface area contributed by atoms with Crippen molar-refractivity contribution in [3.8, 4) is 5.75 Å². The fourth-order valence-electron chi connectivity index (χ4n) is 1.93. The summed E-state index contributed by atoms with van der Waals surface area (Å²) < 4.78 is 5.16. The van der Waals surface area contributed by atoms with Crippen molar-refractivity contribution in [2.75, 3.05) is 20.2 Å². The molecule has 0 fully saturated rings. The van der Waals surface area contributed by atoms with Crippen molar-refractivity contribution >= 4 is 5.96 Å². The molecule has 0 saturated heterocycles. The Balaban J connectivity index is 2.31. The lowest BCUT2D eigenvalue weighted by molar-refractivity contribution is 0.414. The van der Waals surface area contributed by atoms with E-state index in [1.165, 1.54) is 5.56 Å². The molecule has 0 spiro atoms. The summed E-state index contributed by atoms with van der Waals surface area (Å²) in [6.45, 7) is 6.02. The first-order valence-electron chi connectivity index (χ1n) is 7.35. The van der Waals surface area contributed by atoms with Crippen molar-refractivity contribution in [2.24, 2.45) is 10.7 Å². The zero-order valence-electron chi connectivity index (χ0n) is 12.9. The molecule has 1 aromatic carbocycles. The van der Waals surface area contributed by atoms with Crippen LogP contribution >= 0.6 is 0 Å². The van der Waals surface area contributed by atoms with E-state index in [1.807, 2.05) is 12.1 Å². The van der Waals surface area contributed by atoms with Crippen molar-refractivity contribution in [3.63, 3.8) is 0 Å². The molecular formula is C16H27N3O. The van der Waals surface area contributed by atoms with Gasteiger partial charge in [-0.15, -0.1) is 0 Å². The van der Waals surface area contributed by atoms with Gasteiger partial charge >= 0.3 is 0 Å². The molecule has 0 aliphatic heterocycles. The number of nitrogens with zero attached hydrogens (tertiary/aromatic N) is 1. The Labute approximate surface area is 122 Å².